The minimum atomic E-state index is -0.0596. The van der Waals surface area contributed by atoms with E-state index < -0.39 is 0 Å². The molecule has 25 heavy (non-hydrogen) atoms. The third-order valence-corrected chi connectivity index (χ3v) is 5.84. The molecule has 2 aromatic heterocycles. The number of carbonyl (C=O) groups is 1. The summed E-state index contributed by atoms with van der Waals surface area (Å²) in [5.41, 5.74) is 2.19. The second kappa shape index (κ2) is 6.02. The minimum absolute atomic E-state index is 0.0525. The molecule has 1 atom stereocenters. The van der Waals surface area contributed by atoms with E-state index in [1.165, 1.54) is 5.56 Å². The van der Waals surface area contributed by atoms with Crippen LogP contribution in [0.4, 0.5) is 0 Å². The fourth-order valence-electron chi connectivity index (χ4n) is 4.19. The van der Waals surface area contributed by atoms with Gasteiger partial charge in [-0.1, -0.05) is 0 Å². The Morgan fingerprint density at radius 2 is 2.12 bits per heavy atom. The normalized spacial score (nSPS) is 23.3. The summed E-state index contributed by atoms with van der Waals surface area (Å²) in [5.74, 6) is 2.13. The first kappa shape index (κ1) is 16.4. The molecule has 0 unspecified atom stereocenters. The van der Waals surface area contributed by atoms with Gasteiger partial charge in [0.1, 0.15) is 11.5 Å². The van der Waals surface area contributed by atoms with E-state index in [1.807, 2.05) is 26.4 Å². The number of nitrogens with zero attached hydrogens (tertiary/aromatic N) is 3. The van der Waals surface area contributed by atoms with Gasteiger partial charge < -0.3 is 9.73 Å². The Hall–Kier alpha value is -2.08. The van der Waals surface area contributed by atoms with Crippen LogP contribution in [0.25, 0.3) is 0 Å². The average molecular weight is 342 g/mol. The van der Waals surface area contributed by atoms with Crippen molar-refractivity contribution >= 4 is 5.91 Å². The van der Waals surface area contributed by atoms with Crippen molar-refractivity contribution in [3.05, 3.63) is 41.1 Å². The van der Waals surface area contributed by atoms with Gasteiger partial charge in [0.2, 0.25) is 5.91 Å². The van der Waals surface area contributed by atoms with Crippen molar-refractivity contribution < 1.29 is 9.21 Å². The molecule has 2 aliphatic rings. The molecular formula is C19H26N4O2. The number of hydrogen-bond acceptors (Lipinski definition) is 4. The topological polar surface area (TPSA) is 63.3 Å². The highest BCUT2D eigenvalue weighted by Gasteiger charge is 2.46. The number of piperidine rings is 1. The second-order valence-corrected chi connectivity index (χ2v) is 7.70. The average Bonchev–Trinajstić information content (AvgIpc) is 3.22. The zero-order valence-corrected chi connectivity index (χ0v) is 15.2. The lowest BCUT2D eigenvalue weighted by Gasteiger charge is -2.39. The SMILES string of the molecule is Cc1cc(CN2CCC3(CC2)C[C@H](c2cnn(C)c2)C(=O)N3)oc1C. The van der Waals surface area contributed by atoms with Gasteiger partial charge in [0, 0.05) is 37.4 Å². The molecule has 134 valence electrons. The van der Waals surface area contributed by atoms with Crippen LogP contribution in [0.15, 0.2) is 22.9 Å². The molecule has 0 radical (unpaired) electrons. The van der Waals surface area contributed by atoms with E-state index in [-0.39, 0.29) is 17.4 Å². The largest absolute Gasteiger partial charge is 0.465 e. The van der Waals surface area contributed by atoms with Crippen LogP contribution in [0.1, 0.15) is 47.8 Å². The Morgan fingerprint density at radius 1 is 1.36 bits per heavy atom. The van der Waals surface area contributed by atoms with Gasteiger partial charge in [-0.25, -0.2) is 0 Å². The number of likely N-dealkylation sites (tertiary alicyclic amines) is 1. The number of rotatable bonds is 3. The molecule has 2 aliphatic heterocycles. The van der Waals surface area contributed by atoms with Crippen LogP contribution in [0.2, 0.25) is 0 Å². The molecule has 2 fully saturated rings. The number of furan rings is 1. The Labute approximate surface area is 148 Å². The quantitative estimate of drug-likeness (QED) is 0.929. The van der Waals surface area contributed by atoms with Crippen molar-refractivity contribution in [1.82, 2.24) is 20.0 Å². The highest BCUT2D eigenvalue weighted by molar-refractivity contribution is 5.87. The molecule has 1 N–H and O–H groups in total. The molecule has 0 saturated carbocycles. The first-order valence-corrected chi connectivity index (χ1v) is 9.03. The Bertz CT molecular complexity index is 764. The maximum absolute atomic E-state index is 12.5. The number of amides is 1. The smallest absolute Gasteiger partial charge is 0.228 e. The van der Waals surface area contributed by atoms with Gasteiger partial charge in [0.15, 0.2) is 0 Å². The molecule has 6 nitrogen and oxygen atoms in total. The molecule has 1 amide bonds. The maximum Gasteiger partial charge on any atom is 0.228 e. The van der Waals surface area contributed by atoms with Gasteiger partial charge in [0.05, 0.1) is 18.7 Å². The van der Waals surface area contributed by atoms with E-state index in [0.29, 0.717) is 0 Å². The van der Waals surface area contributed by atoms with Crippen LogP contribution < -0.4 is 5.32 Å². The van der Waals surface area contributed by atoms with Crippen LogP contribution in [-0.4, -0.2) is 39.2 Å². The summed E-state index contributed by atoms with van der Waals surface area (Å²) >= 11 is 0. The lowest BCUT2D eigenvalue weighted by molar-refractivity contribution is -0.121. The molecule has 0 aliphatic carbocycles. The third-order valence-electron chi connectivity index (χ3n) is 5.84. The van der Waals surface area contributed by atoms with E-state index in [2.05, 4.69) is 28.3 Å². The summed E-state index contributed by atoms with van der Waals surface area (Å²) in [6.07, 6.45) is 6.65. The van der Waals surface area contributed by atoms with Gasteiger partial charge in [-0.2, -0.15) is 5.10 Å². The molecule has 2 saturated heterocycles. The van der Waals surface area contributed by atoms with Crippen molar-refractivity contribution in [2.75, 3.05) is 13.1 Å². The molecule has 0 bridgehead atoms. The standard InChI is InChI=1S/C19H26N4O2/c1-13-8-16(25-14(13)2)12-23-6-4-19(5-7-23)9-17(18(24)21-19)15-10-20-22(3)11-15/h8,10-11,17H,4-7,9,12H2,1-3H3,(H,21,24)/t17-/m1/s1. The number of aryl methyl sites for hydroxylation is 3. The monoisotopic (exact) mass is 342 g/mol. The Morgan fingerprint density at radius 3 is 2.72 bits per heavy atom. The summed E-state index contributed by atoms with van der Waals surface area (Å²) in [5, 5.41) is 7.51. The van der Waals surface area contributed by atoms with Crippen molar-refractivity contribution in [2.24, 2.45) is 7.05 Å². The third kappa shape index (κ3) is 3.11. The van der Waals surface area contributed by atoms with Crippen LogP contribution in [-0.2, 0) is 18.4 Å². The first-order chi connectivity index (χ1) is 11.9. The van der Waals surface area contributed by atoms with Crippen molar-refractivity contribution in [2.45, 2.75) is 51.1 Å². The fraction of sp³-hybridized carbons (Fsp3) is 0.579. The van der Waals surface area contributed by atoms with Crippen LogP contribution >= 0.6 is 0 Å². The van der Waals surface area contributed by atoms with E-state index in [4.69, 9.17) is 4.42 Å². The summed E-state index contributed by atoms with van der Waals surface area (Å²) in [4.78, 5) is 14.9. The zero-order chi connectivity index (χ0) is 17.6. The van der Waals surface area contributed by atoms with Gasteiger partial charge >= 0.3 is 0 Å². The molecule has 4 rings (SSSR count). The fourth-order valence-corrected chi connectivity index (χ4v) is 4.19. The van der Waals surface area contributed by atoms with Crippen molar-refractivity contribution in [1.29, 1.82) is 0 Å². The molecular weight excluding hydrogens is 316 g/mol. The van der Waals surface area contributed by atoms with E-state index in [1.54, 1.807) is 4.68 Å². The Kier molecular flexibility index (Phi) is 3.95. The summed E-state index contributed by atoms with van der Waals surface area (Å²) in [7, 11) is 1.89. The maximum atomic E-state index is 12.5. The predicted octanol–water partition coefficient (Wildman–Crippen LogP) is 2.27. The second-order valence-electron chi connectivity index (χ2n) is 7.70. The summed E-state index contributed by atoms with van der Waals surface area (Å²) in [6.45, 7) is 6.92. The molecule has 1 spiro atoms. The molecule has 2 aromatic rings. The van der Waals surface area contributed by atoms with E-state index in [0.717, 1.165) is 56.0 Å². The molecule has 4 heterocycles. The zero-order valence-electron chi connectivity index (χ0n) is 15.2. The lowest BCUT2D eigenvalue weighted by atomic mass is 9.82. The number of aromatic nitrogens is 2. The van der Waals surface area contributed by atoms with Gasteiger partial charge in [0.25, 0.3) is 0 Å². The van der Waals surface area contributed by atoms with Crippen LogP contribution in [0.3, 0.4) is 0 Å². The van der Waals surface area contributed by atoms with Crippen LogP contribution in [0.5, 0.6) is 0 Å². The number of nitrogens with one attached hydrogen (secondary N) is 1. The van der Waals surface area contributed by atoms with Crippen molar-refractivity contribution in [3.8, 4) is 0 Å². The van der Waals surface area contributed by atoms with E-state index >= 15 is 0 Å². The number of hydrogen-bond donors (Lipinski definition) is 1. The highest BCUT2D eigenvalue weighted by atomic mass is 16.3. The summed E-state index contributed by atoms with van der Waals surface area (Å²) < 4.78 is 7.58. The lowest BCUT2D eigenvalue weighted by Crippen LogP contribution is -2.50. The van der Waals surface area contributed by atoms with Gasteiger partial charge in [-0.3, -0.25) is 14.4 Å². The first-order valence-electron chi connectivity index (χ1n) is 9.03. The molecule has 6 heteroatoms. The molecule has 0 aromatic carbocycles. The van der Waals surface area contributed by atoms with Crippen LogP contribution in [0, 0.1) is 13.8 Å². The Balaban J connectivity index is 1.39. The van der Waals surface area contributed by atoms with E-state index in [9.17, 15) is 4.79 Å². The van der Waals surface area contributed by atoms with Crippen molar-refractivity contribution in [3.63, 3.8) is 0 Å². The number of carbonyl (C=O) groups excluding carboxylic acids is 1. The minimum Gasteiger partial charge on any atom is -0.465 e. The predicted molar refractivity (Wildman–Crippen MR) is 94.1 cm³/mol. The highest BCUT2D eigenvalue weighted by Crippen LogP contribution is 2.39. The summed E-state index contributed by atoms with van der Waals surface area (Å²) in [6, 6.07) is 2.13. The van der Waals surface area contributed by atoms with Gasteiger partial charge in [-0.05, 0) is 44.7 Å². The van der Waals surface area contributed by atoms with Gasteiger partial charge in [-0.15, -0.1) is 0 Å².